The Morgan fingerprint density at radius 2 is 1.00 bits per heavy atom. The third-order valence-electron chi connectivity index (χ3n) is 1.31. The van der Waals surface area contributed by atoms with Gasteiger partial charge in [-0.25, -0.2) is 0 Å². The normalized spacial score (nSPS) is 21.3. The maximum Gasteiger partial charge on any atom is 0.117 e. The van der Waals surface area contributed by atoms with Crippen LogP contribution >= 0.6 is 0 Å². The molecule has 70 valence electrons. The zero-order chi connectivity index (χ0) is 8.49. The molecule has 4 nitrogen and oxygen atoms in total. The van der Waals surface area contributed by atoms with E-state index in [-0.39, 0.29) is 0 Å². The summed E-state index contributed by atoms with van der Waals surface area (Å²) in [6.45, 7) is 3.53. The summed E-state index contributed by atoms with van der Waals surface area (Å²) >= 11 is 0. The van der Waals surface area contributed by atoms with Gasteiger partial charge in [0.2, 0.25) is 0 Å². The monoisotopic (exact) mass is 174 g/mol. The van der Waals surface area contributed by atoms with E-state index in [1.807, 2.05) is 0 Å². The van der Waals surface area contributed by atoms with Crippen LogP contribution in [-0.2, 0) is 18.9 Å². The second-order valence-corrected chi connectivity index (χ2v) is 2.24. The van der Waals surface area contributed by atoms with Crippen LogP contribution in [0.25, 0.3) is 0 Å². The molecule has 0 radical (unpaired) electrons. The molecule has 0 amide bonds. The van der Waals surface area contributed by atoms with E-state index in [4.69, 9.17) is 18.9 Å². The van der Waals surface area contributed by atoms with E-state index >= 15 is 0 Å². The van der Waals surface area contributed by atoms with E-state index in [1.54, 1.807) is 0 Å². The van der Waals surface area contributed by atoms with Gasteiger partial charge >= 0.3 is 0 Å². The molecule has 0 spiro atoms. The lowest BCUT2D eigenvalue weighted by atomic mass is 10.7. The minimum absolute atomic E-state index is 0.555. The summed E-state index contributed by atoms with van der Waals surface area (Å²) in [6.07, 6.45) is 3.04. The minimum Gasteiger partial charge on any atom is -0.496 e. The van der Waals surface area contributed by atoms with Crippen LogP contribution in [0.3, 0.4) is 0 Å². The molecule has 0 aromatic carbocycles. The van der Waals surface area contributed by atoms with Gasteiger partial charge in [0, 0.05) is 0 Å². The molecule has 4 heteroatoms. The fraction of sp³-hybridized carbons (Fsp3) is 0.750. The van der Waals surface area contributed by atoms with Gasteiger partial charge in [-0.3, -0.25) is 0 Å². The Kier molecular flexibility index (Phi) is 5.41. The van der Waals surface area contributed by atoms with Crippen molar-refractivity contribution in [1.29, 1.82) is 0 Å². The maximum absolute atomic E-state index is 5.18. The van der Waals surface area contributed by atoms with E-state index in [1.165, 1.54) is 12.5 Å². The first-order valence-electron chi connectivity index (χ1n) is 4.04. The molecule has 0 saturated carbocycles. The predicted octanol–water partition coefficient (Wildman–Crippen LogP) is 0.538. The highest BCUT2D eigenvalue weighted by atomic mass is 16.6. The third-order valence-corrected chi connectivity index (χ3v) is 1.31. The van der Waals surface area contributed by atoms with Crippen LogP contribution in [0.5, 0.6) is 0 Å². The van der Waals surface area contributed by atoms with Crippen molar-refractivity contribution in [1.82, 2.24) is 0 Å². The molecular weight excluding hydrogens is 160 g/mol. The van der Waals surface area contributed by atoms with Crippen LogP contribution in [0.4, 0.5) is 0 Å². The van der Waals surface area contributed by atoms with Crippen molar-refractivity contribution in [2.75, 3.05) is 39.6 Å². The fourth-order valence-corrected chi connectivity index (χ4v) is 0.751. The molecular formula is C8H14O4. The maximum atomic E-state index is 5.18. The summed E-state index contributed by atoms with van der Waals surface area (Å²) in [6, 6.07) is 0. The summed E-state index contributed by atoms with van der Waals surface area (Å²) in [5.41, 5.74) is 0. The Labute approximate surface area is 72.1 Å². The standard InChI is InChI=1S/C8H14O4/c1-2-10-5-6-12-8-7-11-4-3-9-1/h1-2H,3-8H2. The Balaban J connectivity index is 2.10. The molecule has 12 heavy (non-hydrogen) atoms. The van der Waals surface area contributed by atoms with E-state index in [9.17, 15) is 0 Å². The zero-order valence-electron chi connectivity index (χ0n) is 7.03. The largest absolute Gasteiger partial charge is 0.496 e. The smallest absolute Gasteiger partial charge is 0.117 e. The summed E-state index contributed by atoms with van der Waals surface area (Å²) in [4.78, 5) is 0. The van der Waals surface area contributed by atoms with Crippen LogP contribution in [0, 0.1) is 0 Å². The van der Waals surface area contributed by atoms with Crippen molar-refractivity contribution in [3.63, 3.8) is 0 Å². The Morgan fingerprint density at radius 1 is 0.583 bits per heavy atom. The molecule has 1 aliphatic heterocycles. The highest BCUT2D eigenvalue weighted by Crippen LogP contribution is 1.86. The molecule has 0 saturated heterocycles. The molecule has 0 unspecified atom stereocenters. The van der Waals surface area contributed by atoms with Gasteiger partial charge in [-0.1, -0.05) is 0 Å². The average molecular weight is 174 g/mol. The third kappa shape index (κ3) is 4.98. The van der Waals surface area contributed by atoms with Gasteiger partial charge in [0.1, 0.15) is 25.7 Å². The van der Waals surface area contributed by atoms with Gasteiger partial charge in [0.25, 0.3) is 0 Å². The number of hydrogen-bond donors (Lipinski definition) is 0. The van der Waals surface area contributed by atoms with Gasteiger partial charge in [-0.15, -0.1) is 0 Å². The van der Waals surface area contributed by atoms with Crippen LogP contribution in [0.2, 0.25) is 0 Å². The summed E-state index contributed by atoms with van der Waals surface area (Å²) < 4.78 is 20.4. The molecule has 0 aliphatic carbocycles. The lowest BCUT2D eigenvalue weighted by Crippen LogP contribution is -2.11. The molecule has 1 aliphatic rings. The molecule has 0 aromatic heterocycles. The molecule has 0 fully saturated rings. The first-order chi connectivity index (χ1) is 6.00. The van der Waals surface area contributed by atoms with Crippen molar-refractivity contribution in [3.8, 4) is 0 Å². The summed E-state index contributed by atoms with van der Waals surface area (Å²) in [5.74, 6) is 0. The van der Waals surface area contributed by atoms with Crippen LogP contribution in [0.15, 0.2) is 12.5 Å². The number of ether oxygens (including phenoxy) is 4. The first-order valence-corrected chi connectivity index (χ1v) is 4.04. The molecule has 0 atom stereocenters. The van der Waals surface area contributed by atoms with Crippen molar-refractivity contribution < 1.29 is 18.9 Å². The second-order valence-electron chi connectivity index (χ2n) is 2.24. The van der Waals surface area contributed by atoms with E-state index < -0.39 is 0 Å². The topological polar surface area (TPSA) is 36.9 Å². The number of hydrogen-bond acceptors (Lipinski definition) is 4. The molecule has 0 N–H and O–H groups in total. The SMILES string of the molecule is C1=COCCOCCOCCO1. The van der Waals surface area contributed by atoms with Crippen molar-refractivity contribution in [3.05, 3.63) is 12.5 Å². The van der Waals surface area contributed by atoms with Crippen molar-refractivity contribution in [2.24, 2.45) is 0 Å². The van der Waals surface area contributed by atoms with Crippen molar-refractivity contribution in [2.45, 2.75) is 0 Å². The lowest BCUT2D eigenvalue weighted by Gasteiger charge is -2.07. The summed E-state index contributed by atoms with van der Waals surface area (Å²) in [7, 11) is 0. The van der Waals surface area contributed by atoms with Gasteiger partial charge in [-0.05, 0) is 0 Å². The van der Waals surface area contributed by atoms with Crippen LogP contribution in [-0.4, -0.2) is 39.6 Å². The molecule has 1 rings (SSSR count). The van der Waals surface area contributed by atoms with E-state index in [0.717, 1.165) is 0 Å². The molecule has 0 bridgehead atoms. The Hall–Kier alpha value is -0.740. The van der Waals surface area contributed by atoms with Gasteiger partial charge in [0.15, 0.2) is 0 Å². The predicted molar refractivity (Wildman–Crippen MR) is 42.7 cm³/mol. The molecule has 0 aromatic rings. The highest BCUT2D eigenvalue weighted by molar-refractivity contribution is 4.60. The Bertz CT molecular complexity index is 110. The lowest BCUT2D eigenvalue weighted by molar-refractivity contribution is 0.0116. The van der Waals surface area contributed by atoms with Gasteiger partial charge in [-0.2, -0.15) is 0 Å². The first kappa shape index (κ1) is 9.35. The minimum atomic E-state index is 0.555. The number of rotatable bonds is 0. The highest BCUT2D eigenvalue weighted by Gasteiger charge is 1.91. The van der Waals surface area contributed by atoms with Gasteiger partial charge in [0.05, 0.1) is 26.4 Å². The van der Waals surface area contributed by atoms with Crippen LogP contribution < -0.4 is 0 Å². The fourth-order valence-electron chi connectivity index (χ4n) is 0.751. The van der Waals surface area contributed by atoms with E-state index in [0.29, 0.717) is 39.6 Å². The summed E-state index contributed by atoms with van der Waals surface area (Å²) in [5, 5.41) is 0. The zero-order valence-corrected chi connectivity index (χ0v) is 7.03. The quantitative estimate of drug-likeness (QED) is 0.537. The Morgan fingerprint density at radius 3 is 1.50 bits per heavy atom. The average Bonchev–Trinajstić information content (AvgIpc) is 2.05. The van der Waals surface area contributed by atoms with E-state index in [2.05, 4.69) is 0 Å². The van der Waals surface area contributed by atoms with Crippen molar-refractivity contribution >= 4 is 0 Å². The van der Waals surface area contributed by atoms with Gasteiger partial charge < -0.3 is 18.9 Å². The second kappa shape index (κ2) is 6.94. The molecule has 1 heterocycles. The van der Waals surface area contributed by atoms with Crippen LogP contribution in [0.1, 0.15) is 0 Å².